The van der Waals surface area contributed by atoms with Crippen molar-refractivity contribution in [1.82, 2.24) is 9.88 Å². The fourth-order valence-corrected chi connectivity index (χ4v) is 3.20. The van der Waals surface area contributed by atoms with E-state index in [-0.39, 0.29) is 12.0 Å². The van der Waals surface area contributed by atoms with Crippen molar-refractivity contribution < 1.29 is 19.0 Å². The molecule has 1 aromatic carbocycles. The van der Waals surface area contributed by atoms with Crippen LogP contribution >= 0.6 is 0 Å². The monoisotopic (exact) mass is 340 g/mol. The maximum Gasteiger partial charge on any atom is 0.257 e. The first-order chi connectivity index (χ1) is 12.3. The molecular formula is C19H20N2O4. The second kappa shape index (κ2) is 7.01. The van der Waals surface area contributed by atoms with Crippen LogP contribution in [0.5, 0.6) is 17.2 Å². The minimum absolute atomic E-state index is 0.00953. The molecule has 25 heavy (non-hydrogen) atoms. The van der Waals surface area contributed by atoms with Crippen molar-refractivity contribution in [1.29, 1.82) is 0 Å². The average molecular weight is 340 g/mol. The quantitative estimate of drug-likeness (QED) is 0.859. The Kier molecular flexibility index (Phi) is 4.41. The van der Waals surface area contributed by atoms with Crippen LogP contribution in [0.15, 0.2) is 42.7 Å². The summed E-state index contributed by atoms with van der Waals surface area (Å²) in [4.78, 5) is 18.7. The van der Waals surface area contributed by atoms with Gasteiger partial charge in [0.1, 0.15) is 25.1 Å². The summed E-state index contributed by atoms with van der Waals surface area (Å²) in [7, 11) is 0. The Bertz CT molecular complexity index is 742. The molecule has 130 valence electrons. The summed E-state index contributed by atoms with van der Waals surface area (Å²) < 4.78 is 17.2. The molecule has 1 saturated heterocycles. The summed E-state index contributed by atoms with van der Waals surface area (Å²) in [5, 5.41) is 0. The van der Waals surface area contributed by atoms with Crippen LogP contribution in [0.2, 0.25) is 0 Å². The highest BCUT2D eigenvalue weighted by Crippen LogP contribution is 2.34. The third-order valence-corrected chi connectivity index (χ3v) is 4.48. The lowest BCUT2D eigenvalue weighted by atomic mass is 10.1. The number of likely N-dealkylation sites (tertiary alicyclic amines) is 1. The molecule has 6 nitrogen and oxygen atoms in total. The van der Waals surface area contributed by atoms with E-state index in [1.165, 1.54) is 0 Å². The van der Waals surface area contributed by atoms with Crippen LogP contribution in [-0.2, 0) is 0 Å². The molecule has 0 unspecified atom stereocenters. The molecule has 0 atom stereocenters. The van der Waals surface area contributed by atoms with Crippen LogP contribution in [-0.4, -0.2) is 48.2 Å². The fraction of sp³-hybridized carbons (Fsp3) is 0.368. The van der Waals surface area contributed by atoms with Crippen molar-refractivity contribution in [2.45, 2.75) is 18.9 Å². The Balaban J connectivity index is 1.40. The molecule has 0 saturated carbocycles. The molecule has 0 radical (unpaired) electrons. The molecule has 4 rings (SSSR count). The molecule has 6 heteroatoms. The Morgan fingerprint density at radius 1 is 1.08 bits per heavy atom. The highest BCUT2D eigenvalue weighted by molar-refractivity contribution is 5.98. The van der Waals surface area contributed by atoms with Crippen molar-refractivity contribution in [2.75, 3.05) is 26.3 Å². The van der Waals surface area contributed by atoms with Gasteiger partial charge in [0.2, 0.25) is 0 Å². The number of amides is 1. The summed E-state index contributed by atoms with van der Waals surface area (Å²) in [5.74, 6) is 2.02. The number of aromatic nitrogens is 1. The van der Waals surface area contributed by atoms with Crippen LogP contribution in [0, 0.1) is 0 Å². The topological polar surface area (TPSA) is 60.9 Å². The third-order valence-electron chi connectivity index (χ3n) is 4.48. The van der Waals surface area contributed by atoms with Crippen molar-refractivity contribution in [3.05, 3.63) is 48.3 Å². The summed E-state index contributed by atoms with van der Waals surface area (Å²) >= 11 is 0. The van der Waals surface area contributed by atoms with E-state index < -0.39 is 0 Å². The van der Waals surface area contributed by atoms with E-state index in [4.69, 9.17) is 14.2 Å². The third kappa shape index (κ3) is 3.38. The number of benzene rings is 1. The number of hydrogen-bond acceptors (Lipinski definition) is 5. The smallest absolute Gasteiger partial charge is 0.257 e. The van der Waals surface area contributed by atoms with Crippen LogP contribution < -0.4 is 14.2 Å². The molecule has 2 aliphatic rings. The Labute approximate surface area is 146 Å². The molecule has 2 aliphatic heterocycles. The number of hydrogen-bond donors (Lipinski definition) is 0. The normalized spacial score (nSPS) is 17.2. The summed E-state index contributed by atoms with van der Waals surface area (Å²) in [5.41, 5.74) is 0.575. The summed E-state index contributed by atoms with van der Waals surface area (Å²) in [6.07, 6.45) is 5.17. The lowest BCUT2D eigenvalue weighted by Crippen LogP contribution is -2.42. The average Bonchev–Trinajstić information content (AvgIpc) is 2.68. The number of carbonyl (C=O) groups excluding carboxylic acids is 1. The number of pyridine rings is 1. The number of ether oxygens (including phenoxy) is 3. The van der Waals surface area contributed by atoms with Gasteiger partial charge in [-0.3, -0.25) is 9.78 Å². The van der Waals surface area contributed by atoms with E-state index in [1.807, 2.05) is 29.2 Å². The van der Waals surface area contributed by atoms with Gasteiger partial charge in [0.05, 0.1) is 5.56 Å². The second-order valence-corrected chi connectivity index (χ2v) is 6.12. The van der Waals surface area contributed by atoms with Gasteiger partial charge in [-0.05, 0) is 24.3 Å². The summed E-state index contributed by atoms with van der Waals surface area (Å²) in [6.45, 7) is 2.32. The van der Waals surface area contributed by atoms with Gasteiger partial charge < -0.3 is 19.1 Å². The van der Waals surface area contributed by atoms with E-state index in [0.29, 0.717) is 43.4 Å². The predicted octanol–water partition coefficient (Wildman–Crippen LogP) is 2.54. The second-order valence-electron chi connectivity index (χ2n) is 6.12. The minimum atomic E-state index is -0.00953. The molecule has 1 fully saturated rings. The van der Waals surface area contributed by atoms with Crippen LogP contribution in [0.4, 0.5) is 0 Å². The van der Waals surface area contributed by atoms with Gasteiger partial charge >= 0.3 is 0 Å². The minimum Gasteiger partial charge on any atom is -0.490 e. The van der Waals surface area contributed by atoms with Gasteiger partial charge in [0.25, 0.3) is 5.91 Å². The zero-order valence-corrected chi connectivity index (χ0v) is 13.9. The van der Waals surface area contributed by atoms with Gasteiger partial charge in [-0.1, -0.05) is 6.07 Å². The van der Waals surface area contributed by atoms with Crippen molar-refractivity contribution in [2.24, 2.45) is 0 Å². The highest BCUT2D eigenvalue weighted by Gasteiger charge is 2.28. The zero-order valence-electron chi connectivity index (χ0n) is 13.9. The van der Waals surface area contributed by atoms with Crippen LogP contribution in [0.3, 0.4) is 0 Å². The summed E-state index contributed by atoms with van der Waals surface area (Å²) in [6, 6.07) is 9.17. The number of nitrogens with zero attached hydrogens (tertiary/aromatic N) is 2. The first kappa shape index (κ1) is 15.7. The van der Waals surface area contributed by atoms with E-state index in [0.717, 1.165) is 18.6 Å². The van der Waals surface area contributed by atoms with Gasteiger partial charge in [-0.25, -0.2) is 0 Å². The van der Waals surface area contributed by atoms with Crippen molar-refractivity contribution in [3.63, 3.8) is 0 Å². The number of rotatable bonds is 3. The lowest BCUT2D eigenvalue weighted by Gasteiger charge is -2.33. The molecule has 2 aromatic rings. The Morgan fingerprint density at radius 3 is 2.64 bits per heavy atom. The highest BCUT2D eigenvalue weighted by atomic mass is 16.6. The molecule has 0 N–H and O–H groups in total. The first-order valence-corrected chi connectivity index (χ1v) is 8.56. The maximum absolute atomic E-state index is 12.9. The number of fused-ring (bicyclic) bond motifs is 1. The molecular weight excluding hydrogens is 320 g/mol. The molecule has 0 aliphatic carbocycles. The van der Waals surface area contributed by atoms with E-state index in [9.17, 15) is 4.79 Å². The van der Waals surface area contributed by atoms with Gasteiger partial charge in [-0.2, -0.15) is 0 Å². The molecule has 0 spiro atoms. The molecule has 1 aromatic heterocycles. The maximum atomic E-state index is 12.9. The van der Waals surface area contributed by atoms with Gasteiger partial charge in [0, 0.05) is 38.3 Å². The number of para-hydroxylation sites is 1. The fourth-order valence-electron chi connectivity index (χ4n) is 3.20. The van der Waals surface area contributed by atoms with Gasteiger partial charge in [-0.15, -0.1) is 0 Å². The van der Waals surface area contributed by atoms with Crippen molar-refractivity contribution in [3.8, 4) is 17.2 Å². The SMILES string of the molecule is O=C(c1cccc2c1OCCO2)N1CCC(Oc2ccncc2)CC1. The molecule has 1 amide bonds. The predicted molar refractivity (Wildman–Crippen MR) is 91.2 cm³/mol. The zero-order chi connectivity index (χ0) is 17.1. The van der Waals surface area contributed by atoms with E-state index in [2.05, 4.69) is 4.98 Å². The number of carbonyl (C=O) groups is 1. The largest absolute Gasteiger partial charge is 0.490 e. The molecule has 0 bridgehead atoms. The van der Waals surface area contributed by atoms with E-state index in [1.54, 1.807) is 18.5 Å². The van der Waals surface area contributed by atoms with E-state index >= 15 is 0 Å². The van der Waals surface area contributed by atoms with Crippen molar-refractivity contribution >= 4 is 5.91 Å². The number of piperidine rings is 1. The standard InChI is InChI=1S/C19H20N2O4/c22-19(16-2-1-3-17-18(16)24-13-12-23-17)21-10-6-15(7-11-21)25-14-4-8-20-9-5-14/h1-5,8-9,15H,6-7,10-13H2. The first-order valence-electron chi connectivity index (χ1n) is 8.56. The van der Waals surface area contributed by atoms with Gasteiger partial charge in [0.15, 0.2) is 11.5 Å². The van der Waals surface area contributed by atoms with Crippen LogP contribution in [0.1, 0.15) is 23.2 Å². The molecule has 3 heterocycles. The lowest BCUT2D eigenvalue weighted by molar-refractivity contribution is 0.0587. The Hall–Kier alpha value is -2.76. The Morgan fingerprint density at radius 2 is 1.84 bits per heavy atom. The van der Waals surface area contributed by atoms with Crippen LogP contribution in [0.25, 0.3) is 0 Å².